The summed E-state index contributed by atoms with van der Waals surface area (Å²) < 4.78 is 6.65. The molecule has 0 N–H and O–H groups in total. The van der Waals surface area contributed by atoms with E-state index in [2.05, 4.69) is 20.0 Å². The summed E-state index contributed by atoms with van der Waals surface area (Å²) in [6.07, 6.45) is 5.88. The van der Waals surface area contributed by atoms with E-state index in [4.69, 9.17) is 27.9 Å². The first kappa shape index (κ1) is 16.9. The Labute approximate surface area is 141 Å². The number of aromatic nitrogens is 1. The van der Waals surface area contributed by atoms with E-state index < -0.39 is 0 Å². The fraction of sp³-hybridized carbons (Fsp3) is 0.353. The van der Waals surface area contributed by atoms with E-state index in [9.17, 15) is 5.21 Å². The van der Waals surface area contributed by atoms with Gasteiger partial charge in [-0.25, -0.2) is 0 Å². The van der Waals surface area contributed by atoms with Crippen LogP contribution in [0.3, 0.4) is 0 Å². The normalized spacial score (nSPS) is 11.0. The number of halogens is 2. The molecular formula is C17H18Cl2NO2. The molecular weight excluding hydrogens is 321 g/mol. The van der Waals surface area contributed by atoms with Crippen molar-refractivity contribution in [3.05, 3.63) is 51.4 Å². The molecule has 2 rings (SSSR count). The van der Waals surface area contributed by atoms with Crippen molar-refractivity contribution in [1.29, 1.82) is 0 Å². The SMILES string of the molecule is CCC(CC)Oc1c[n+]([O-])[c]c(C)c1-c1ccc(Cl)cc1Cl. The molecule has 1 heterocycles. The van der Waals surface area contributed by atoms with Gasteiger partial charge in [-0.1, -0.05) is 43.1 Å². The van der Waals surface area contributed by atoms with Crippen LogP contribution in [0.2, 0.25) is 10.0 Å². The molecule has 22 heavy (non-hydrogen) atoms. The fourth-order valence-corrected chi connectivity index (χ4v) is 2.86. The smallest absolute Gasteiger partial charge is 0.294 e. The van der Waals surface area contributed by atoms with E-state index in [-0.39, 0.29) is 6.10 Å². The van der Waals surface area contributed by atoms with Crippen LogP contribution in [0, 0.1) is 18.3 Å². The average Bonchev–Trinajstić information content (AvgIpc) is 2.45. The Balaban J connectivity index is 2.58. The number of ether oxygens (including phenoxy) is 1. The molecule has 0 fully saturated rings. The van der Waals surface area contributed by atoms with Gasteiger partial charge < -0.3 is 9.94 Å². The van der Waals surface area contributed by atoms with Gasteiger partial charge in [0.15, 0.2) is 5.75 Å². The van der Waals surface area contributed by atoms with Crippen molar-refractivity contribution < 1.29 is 9.47 Å². The van der Waals surface area contributed by atoms with E-state index in [0.717, 1.165) is 24.0 Å². The Morgan fingerprint density at radius 1 is 1.27 bits per heavy atom. The van der Waals surface area contributed by atoms with Crippen molar-refractivity contribution in [2.75, 3.05) is 0 Å². The molecule has 1 aromatic carbocycles. The number of hydrogen-bond acceptors (Lipinski definition) is 2. The third kappa shape index (κ3) is 3.65. The van der Waals surface area contributed by atoms with Gasteiger partial charge >= 0.3 is 0 Å². The van der Waals surface area contributed by atoms with Crippen molar-refractivity contribution >= 4 is 23.2 Å². The van der Waals surface area contributed by atoms with Crippen LogP contribution in [0.5, 0.6) is 5.75 Å². The highest BCUT2D eigenvalue weighted by Crippen LogP contribution is 2.38. The van der Waals surface area contributed by atoms with Crippen LogP contribution in [-0.4, -0.2) is 6.10 Å². The van der Waals surface area contributed by atoms with Gasteiger partial charge in [0.05, 0.1) is 11.1 Å². The molecule has 0 saturated carbocycles. The van der Waals surface area contributed by atoms with Gasteiger partial charge in [0, 0.05) is 21.7 Å². The van der Waals surface area contributed by atoms with Crippen molar-refractivity contribution in [3.8, 4) is 16.9 Å². The van der Waals surface area contributed by atoms with Crippen molar-refractivity contribution in [2.45, 2.75) is 39.7 Å². The van der Waals surface area contributed by atoms with E-state index in [1.54, 1.807) is 12.1 Å². The van der Waals surface area contributed by atoms with Crippen LogP contribution in [-0.2, 0) is 0 Å². The van der Waals surface area contributed by atoms with Crippen LogP contribution < -0.4 is 9.47 Å². The van der Waals surface area contributed by atoms with Crippen molar-refractivity contribution in [2.24, 2.45) is 0 Å². The molecule has 0 saturated heterocycles. The molecule has 5 heteroatoms. The van der Waals surface area contributed by atoms with Crippen molar-refractivity contribution in [1.82, 2.24) is 0 Å². The van der Waals surface area contributed by atoms with Crippen molar-refractivity contribution in [3.63, 3.8) is 0 Å². The molecule has 1 aromatic heterocycles. The number of hydrogen-bond donors (Lipinski definition) is 0. The predicted octanol–water partition coefficient (Wildman–Crippen LogP) is 4.97. The summed E-state index contributed by atoms with van der Waals surface area (Å²) in [5, 5.41) is 12.8. The first-order chi connectivity index (χ1) is 10.5. The summed E-state index contributed by atoms with van der Waals surface area (Å²) in [4.78, 5) is 0. The second-order valence-electron chi connectivity index (χ2n) is 5.11. The number of benzene rings is 1. The largest absolute Gasteiger partial charge is 0.618 e. The number of pyridine rings is 1. The highest BCUT2D eigenvalue weighted by atomic mass is 35.5. The van der Waals surface area contributed by atoms with Crippen LogP contribution >= 0.6 is 23.2 Å². The first-order valence-electron chi connectivity index (χ1n) is 7.24. The third-order valence-corrected chi connectivity index (χ3v) is 4.09. The highest BCUT2D eigenvalue weighted by molar-refractivity contribution is 6.36. The maximum absolute atomic E-state index is 11.7. The molecule has 0 aliphatic heterocycles. The molecule has 0 amide bonds. The quantitative estimate of drug-likeness (QED) is 0.570. The summed E-state index contributed by atoms with van der Waals surface area (Å²) in [6, 6.07) is 5.27. The van der Waals surface area contributed by atoms with Gasteiger partial charge in [-0.2, -0.15) is 4.73 Å². The third-order valence-electron chi connectivity index (χ3n) is 3.54. The molecule has 117 valence electrons. The van der Waals surface area contributed by atoms with Gasteiger partial charge in [-0.3, -0.25) is 0 Å². The van der Waals surface area contributed by atoms with E-state index in [0.29, 0.717) is 26.1 Å². The molecule has 0 aliphatic rings. The minimum absolute atomic E-state index is 0.0478. The minimum Gasteiger partial charge on any atom is -0.618 e. The second-order valence-corrected chi connectivity index (χ2v) is 5.96. The van der Waals surface area contributed by atoms with Gasteiger partial charge in [0.25, 0.3) is 6.20 Å². The van der Waals surface area contributed by atoms with Crippen LogP contribution in [0.1, 0.15) is 32.3 Å². The van der Waals surface area contributed by atoms with E-state index in [1.165, 1.54) is 6.20 Å². The summed E-state index contributed by atoms with van der Waals surface area (Å²) in [5.41, 5.74) is 2.24. The monoisotopic (exact) mass is 338 g/mol. The maximum Gasteiger partial charge on any atom is 0.294 e. The van der Waals surface area contributed by atoms with Gasteiger partial charge in [0.1, 0.15) is 0 Å². The molecule has 3 nitrogen and oxygen atoms in total. The zero-order valence-corrected chi connectivity index (χ0v) is 14.3. The second kappa shape index (κ2) is 7.21. The van der Waals surface area contributed by atoms with Crippen LogP contribution in [0.4, 0.5) is 0 Å². The zero-order chi connectivity index (χ0) is 16.3. The molecule has 0 spiro atoms. The maximum atomic E-state index is 11.7. The zero-order valence-electron chi connectivity index (χ0n) is 12.8. The van der Waals surface area contributed by atoms with Gasteiger partial charge in [0.2, 0.25) is 6.20 Å². The van der Waals surface area contributed by atoms with Gasteiger partial charge in [-0.05, 0) is 31.9 Å². The minimum atomic E-state index is 0.0478. The standard InChI is InChI=1S/C17H18Cl2NO2/c1-4-13(5-2)22-16-10-20(21)9-11(3)17(16)14-7-6-12(18)8-15(14)19/h6-8,10,13H,4-5H2,1-3H3. The lowest BCUT2D eigenvalue weighted by molar-refractivity contribution is -0.610. The molecule has 0 atom stereocenters. The Morgan fingerprint density at radius 3 is 2.55 bits per heavy atom. The fourth-order valence-electron chi connectivity index (χ4n) is 2.36. The summed E-state index contributed by atoms with van der Waals surface area (Å²) in [7, 11) is 0. The molecule has 0 aliphatic carbocycles. The lowest BCUT2D eigenvalue weighted by Crippen LogP contribution is -2.28. The Kier molecular flexibility index (Phi) is 5.54. The highest BCUT2D eigenvalue weighted by Gasteiger charge is 2.20. The Bertz CT molecular complexity index is 670. The molecule has 1 radical (unpaired) electrons. The number of rotatable bonds is 5. The summed E-state index contributed by atoms with van der Waals surface area (Å²) >= 11 is 12.3. The Morgan fingerprint density at radius 2 is 1.95 bits per heavy atom. The molecule has 0 bridgehead atoms. The molecule has 0 unspecified atom stereocenters. The lowest BCUT2D eigenvalue weighted by atomic mass is 10.0. The number of aryl methyl sites for hydroxylation is 1. The molecule has 2 aromatic rings. The topological polar surface area (TPSA) is 36.2 Å². The lowest BCUT2D eigenvalue weighted by Gasteiger charge is -2.19. The van der Waals surface area contributed by atoms with Crippen LogP contribution in [0.15, 0.2) is 24.4 Å². The van der Waals surface area contributed by atoms with E-state index >= 15 is 0 Å². The van der Waals surface area contributed by atoms with Gasteiger partial charge in [-0.15, -0.1) is 0 Å². The predicted molar refractivity (Wildman–Crippen MR) is 89.4 cm³/mol. The summed E-state index contributed by atoms with van der Waals surface area (Å²) in [5.74, 6) is 0.518. The summed E-state index contributed by atoms with van der Waals surface area (Å²) in [6.45, 7) is 5.92. The Hall–Kier alpha value is -1.45. The average molecular weight is 339 g/mol. The van der Waals surface area contributed by atoms with Crippen LogP contribution in [0.25, 0.3) is 11.1 Å². The number of nitrogens with zero attached hydrogens (tertiary/aromatic N) is 1. The van der Waals surface area contributed by atoms with E-state index in [1.807, 2.05) is 13.0 Å². The first-order valence-corrected chi connectivity index (χ1v) is 8.00.